The normalized spacial score (nSPS) is 16.3. The molecule has 0 aliphatic carbocycles. The van der Waals surface area contributed by atoms with Crippen molar-refractivity contribution in [1.82, 2.24) is 14.6 Å². The lowest BCUT2D eigenvalue weighted by atomic mass is 10.0. The van der Waals surface area contributed by atoms with E-state index in [1.54, 1.807) is 19.6 Å². The summed E-state index contributed by atoms with van der Waals surface area (Å²) in [6.07, 6.45) is 5.78. The Morgan fingerprint density at radius 1 is 1.32 bits per heavy atom. The summed E-state index contributed by atoms with van der Waals surface area (Å²) < 4.78 is 12.7. The largest absolute Gasteiger partial charge is 0.497 e. The minimum Gasteiger partial charge on any atom is -0.497 e. The molecule has 1 aliphatic heterocycles. The van der Waals surface area contributed by atoms with E-state index in [4.69, 9.17) is 9.15 Å². The number of carbonyl (C=O) groups is 1. The topological polar surface area (TPSA) is 72.9 Å². The van der Waals surface area contributed by atoms with Gasteiger partial charge in [0, 0.05) is 25.9 Å². The summed E-state index contributed by atoms with van der Waals surface area (Å²) in [5.41, 5.74) is 1.81. The molecular weight excluding hydrogens is 376 g/mol. The van der Waals surface area contributed by atoms with Gasteiger partial charge in [-0.2, -0.15) is 5.10 Å². The van der Waals surface area contributed by atoms with E-state index < -0.39 is 0 Å². The molecule has 0 unspecified atom stereocenters. The number of ether oxygens (including phenoxy) is 1. The molecule has 1 aromatic carbocycles. The van der Waals surface area contributed by atoms with E-state index in [1.807, 2.05) is 54.2 Å². The minimum atomic E-state index is -0.249. The van der Waals surface area contributed by atoms with Crippen LogP contribution in [0.5, 0.6) is 5.75 Å². The average molecular weight is 396 g/mol. The summed E-state index contributed by atoms with van der Waals surface area (Å²) >= 11 is 1.39. The average Bonchev–Trinajstić information content (AvgIpc) is 3.46. The number of hydrogen-bond donors (Lipinski definition) is 0. The van der Waals surface area contributed by atoms with Crippen LogP contribution in [-0.4, -0.2) is 39.0 Å². The fourth-order valence-electron chi connectivity index (χ4n) is 3.08. The Bertz CT molecular complexity index is 979. The Morgan fingerprint density at radius 2 is 2.14 bits per heavy atom. The summed E-state index contributed by atoms with van der Waals surface area (Å²) in [6, 6.07) is 11.1. The molecule has 0 radical (unpaired) electrons. The molecule has 1 amide bonds. The zero-order valence-electron chi connectivity index (χ0n) is 15.6. The second-order valence-corrected chi connectivity index (χ2v) is 7.30. The number of aromatic nitrogens is 2. The van der Waals surface area contributed by atoms with E-state index in [-0.39, 0.29) is 17.7 Å². The first-order valence-corrected chi connectivity index (χ1v) is 9.82. The van der Waals surface area contributed by atoms with E-state index in [2.05, 4.69) is 10.1 Å². The van der Waals surface area contributed by atoms with Gasteiger partial charge in [0.2, 0.25) is 0 Å². The van der Waals surface area contributed by atoms with Crippen LogP contribution in [-0.2, 0) is 11.8 Å². The number of methoxy groups -OCH3 is 1. The van der Waals surface area contributed by atoms with Gasteiger partial charge >= 0.3 is 0 Å². The van der Waals surface area contributed by atoms with E-state index in [9.17, 15) is 4.79 Å². The van der Waals surface area contributed by atoms with Gasteiger partial charge in [0.1, 0.15) is 17.6 Å². The maximum atomic E-state index is 12.9. The summed E-state index contributed by atoms with van der Waals surface area (Å²) in [5, 5.41) is 6.96. The fourth-order valence-corrected chi connectivity index (χ4v) is 3.87. The van der Waals surface area contributed by atoms with Gasteiger partial charge < -0.3 is 13.7 Å². The van der Waals surface area contributed by atoms with Crippen LogP contribution in [0, 0.1) is 0 Å². The highest BCUT2D eigenvalue weighted by molar-refractivity contribution is 7.99. The van der Waals surface area contributed by atoms with Crippen molar-refractivity contribution in [2.24, 2.45) is 12.1 Å². The number of imidazole rings is 1. The van der Waals surface area contributed by atoms with Gasteiger partial charge in [-0.05, 0) is 42.0 Å². The highest BCUT2D eigenvalue weighted by atomic mass is 32.2. The third-order valence-electron chi connectivity index (χ3n) is 4.56. The predicted molar refractivity (Wildman–Crippen MR) is 106 cm³/mol. The minimum absolute atomic E-state index is 0.0853. The van der Waals surface area contributed by atoms with E-state index in [0.29, 0.717) is 6.42 Å². The number of rotatable bonds is 6. The van der Waals surface area contributed by atoms with Crippen molar-refractivity contribution in [3.05, 3.63) is 66.4 Å². The highest BCUT2D eigenvalue weighted by Gasteiger charge is 2.34. The fraction of sp³-hybridized carbons (Fsp3) is 0.250. The Balaban J connectivity index is 1.56. The first-order chi connectivity index (χ1) is 13.7. The van der Waals surface area contributed by atoms with Crippen LogP contribution in [0.25, 0.3) is 0 Å². The second kappa shape index (κ2) is 7.93. The molecule has 1 atom stereocenters. The number of aryl methyl sites for hydroxylation is 1. The van der Waals surface area contributed by atoms with Crippen molar-refractivity contribution in [3.8, 4) is 5.75 Å². The number of nitrogens with zero attached hydrogens (tertiary/aromatic N) is 4. The van der Waals surface area contributed by atoms with Crippen LogP contribution in [0.15, 0.2) is 69.7 Å². The molecular formula is C20H20N4O3S. The van der Waals surface area contributed by atoms with Crippen molar-refractivity contribution in [2.45, 2.75) is 17.6 Å². The summed E-state index contributed by atoms with van der Waals surface area (Å²) in [4.78, 5) is 17.2. The van der Waals surface area contributed by atoms with E-state index in [0.717, 1.165) is 27.9 Å². The maximum Gasteiger partial charge on any atom is 0.253 e. The van der Waals surface area contributed by atoms with Gasteiger partial charge in [-0.15, -0.1) is 0 Å². The molecule has 3 heterocycles. The molecule has 3 aromatic rings. The van der Waals surface area contributed by atoms with Crippen molar-refractivity contribution in [1.29, 1.82) is 0 Å². The number of hydrazone groups is 1. The lowest BCUT2D eigenvalue weighted by Gasteiger charge is -2.19. The second-order valence-electron chi connectivity index (χ2n) is 6.36. The molecule has 0 spiro atoms. The summed E-state index contributed by atoms with van der Waals surface area (Å²) in [6.45, 7) is 0. The van der Waals surface area contributed by atoms with E-state index in [1.165, 1.54) is 16.8 Å². The van der Waals surface area contributed by atoms with Gasteiger partial charge in [-0.1, -0.05) is 11.8 Å². The van der Waals surface area contributed by atoms with Crippen LogP contribution in [0.3, 0.4) is 0 Å². The quantitative estimate of drug-likeness (QED) is 0.597. The number of furan rings is 1. The first kappa shape index (κ1) is 18.4. The summed E-state index contributed by atoms with van der Waals surface area (Å²) in [7, 11) is 3.54. The van der Waals surface area contributed by atoms with Crippen LogP contribution in [0.1, 0.15) is 23.8 Å². The molecule has 28 heavy (non-hydrogen) atoms. The van der Waals surface area contributed by atoms with Crippen LogP contribution >= 0.6 is 11.8 Å². The van der Waals surface area contributed by atoms with Crippen molar-refractivity contribution in [3.63, 3.8) is 0 Å². The maximum absolute atomic E-state index is 12.9. The third kappa shape index (κ3) is 3.68. The number of hydrogen-bond acceptors (Lipinski definition) is 6. The molecule has 0 saturated heterocycles. The predicted octanol–water partition coefficient (Wildman–Crippen LogP) is 3.49. The number of benzene rings is 1. The van der Waals surface area contributed by atoms with Crippen LogP contribution < -0.4 is 4.74 Å². The van der Waals surface area contributed by atoms with Gasteiger partial charge in [-0.25, -0.2) is 9.99 Å². The zero-order chi connectivity index (χ0) is 19.5. The molecule has 1 aliphatic rings. The van der Waals surface area contributed by atoms with Crippen molar-refractivity contribution < 1.29 is 13.9 Å². The number of carbonyl (C=O) groups excluding carboxylic acids is 1. The molecule has 7 nitrogen and oxygen atoms in total. The molecule has 0 N–H and O–H groups in total. The molecule has 4 rings (SSSR count). The Morgan fingerprint density at radius 3 is 2.79 bits per heavy atom. The molecule has 144 valence electrons. The van der Waals surface area contributed by atoms with Gasteiger partial charge in [0.25, 0.3) is 5.91 Å². The third-order valence-corrected chi connectivity index (χ3v) is 5.61. The number of thioether (sulfide) groups is 1. The van der Waals surface area contributed by atoms with E-state index >= 15 is 0 Å². The zero-order valence-corrected chi connectivity index (χ0v) is 16.4. The first-order valence-electron chi connectivity index (χ1n) is 8.83. The Labute approximate surface area is 167 Å². The molecule has 0 saturated carbocycles. The van der Waals surface area contributed by atoms with Gasteiger partial charge in [-0.3, -0.25) is 4.79 Å². The standard InChI is InChI=1S/C20H20N4O3S/c1-23-10-9-21-20(23)28-13-19(25)24-17(18-4-3-11-27-18)12-16(22-24)14-5-7-15(26-2)8-6-14/h3-11,17H,12-13H2,1-2H3/t17-/m0/s1. The Hall–Kier alpha value is -3.00. The SMILES string of the molecule is COc1ccc(C2=NN(C(=O)CSc3nccn3C)[C@H](c3ccco3)C2)cc1. The highest BCUT2D eigenvalue weighted by Crippen LogP contribution is 2.34. The van der Waals surface area contributed by atoms with Gasteiger partial charge in [0.05, 0.1) is 24.8 Å². The van der Waals surface area contributed by atoms with Crippen molar-refractivity contribution in [2.75, 3.05) is 12.9 Å². The number of amides is 1. The summed E-state index contributed by atoms with van der Waals surface area (Å²) in [5.74, 6) is 1.67. The van der Waals surface area contributed by atoms with Crippen LogP contribution in [0.2, 0.25) is 0 Å². The van der Waals surface area contributed by atoms with Crippen molar-refractivity contribution >= 4 is 23.4 Å². The Kier molecular flexibility index (Phi) is 5.21. The van der Waals surface area contributed by atoms with Crippen LogP contribution in [0.4, 0.5) is 0 Å². The lowest BCUT2D eigenvalue weighted by molar-refractivity contribution is -0.130. The van der Waals surface area contributed by atoms with Gasteiger partial charge in [0.15, 0.2) is 5.16 Å². The molecule has 8 heteroatoms. The molecule has 0 bridgehead atoms. The lowest BCUT2D eigenvalue weighted by Crippen LogP contribution is -2.28. The smallest absolute Gasteiger partial charge is 0.253 e. The monoisotopic (exact) mass is 396 g/mol. The molecule has 0 fully saturated rings. The molecule has 2 aromatic heterocycles.